The van der Waals surface area contributed by atoms with Gasteiger partial charge in [-0.3, -0.25) is 19.7 Å². The number of nitrogens with one attached hydrogen (secondary N) is 3. The summed E-state index contributed by atoms with van der Waals surface area (Å²) >= 11 is 0. The van der Waals surface area contributed by atoms with Crippen molar-refractivity contribution in [2.45, 2.75) is 38.1 Å². The van der Waals surface area contributed by atoms with Crippen molar-refractivity contribution in [1.82, 2.24) is 15.4 Å². The highest BCUT2D eigenvalue weighted by molar-refractivity contribution is 7.89. The van der Waals surface area contributed by atoms with Gasteiger partial charge in [0.2, 0.25) is 15.9 Å². The molecule has 0 saturated carbocycles. The Morgan fingerprint density at radius 1 is 0.973 bits per heavy atom. The first-order valence-corrected chi connectivity index (χ1v) is 12.5. The zero-order chi connectivity index (χ0) is 28.4. The standard InChI is InChI=1S/C13H16N4O9S.C7H8.C3H8/c18-11(16-10(13(21)22)5-14-7-12(19)20)6-15-27(25,26)9-3-1-8(2-4-9)17(23)24;1-7-5-3-2-4-6-7;1-3-2/h1-4,10,14-15H,5-7H2,(H,16,18)(H,19,20)(H,21,22);2-6H,1H3;3H2,1-2H3. The van der Waals surface area contributed by atoms with Crippen molar-refractivity contribution in [2.24, 2.45) is 0 Å². The third kappa shape index (κ3) is 15.0. The number of nitro benzene ring substituents is 1. The first kappa shape index (κ1) is 33.1. The van der Waals surface area contributed by atoms with Crippen molar-refractivity contribution in [3.05, 3.63) is 70.3 Å². The molecule has 0 aliphatic carbocycles. The number of aryl methyl sites for hydroxylation is 1. The van der Waals surface area contributed by atoms with Gasteiger partial charge < -0.3 is 20.8 Å². The van der Waals surface area contributed by atoms with Crippen molar-refractivity contribution < 1.29 is 37.9 Å². The maximum atomic E-state index is 12.0. The largest absolute Gasteiger partial charge is 0.480 e. The average Bonchev–Trinajstić information content (AvgIpc) is 2.83. The maximum absolute atomic E-state index is 12.0. The summed E-state index contributed by atoms with van der Waals surface area (Å²) in [6, 6.07) is 12.7. The molecule has 0 heterocycles. The highest BCUT2D eigenvalue weighted by atomic mass is 32.2. The van der Waals surface area contributed by atoms with Gasteiger partial charge in [0.05, 0.1) is 22.9 Å². The van der Waals surface area contributed by atoms with E-state index < -0.39 is 51.9 Å². The second-order valence-corrected chi connectivity index (χ2v) is 9.19. The van der Waals surface area contributed by atoms with Crippen molar-refractivity contribution >= 4 is 33.6 Å². The Labute approximate surface area is 215 Å². The predicted molar refractivity (Wildman–Crippen MR) is 136 cm³/mol. The molecule has 14 heteroatoms. The lowest BCUT2D eigenvalue weighted by molar-refractivity contribution is -0.384. The minimum absolute atomic E-state index is 0.315. The average molecular weight is 541 g/mol. The van der Waals surface area contributed by atoms with Gasteiger partial charge in [0, 0.05) is 18.7 Å². The van der Waals surface area contributed by atoms with Crippen LogP contribution in [0.15, 0.2) is 59.5 Å². The van der Waals surface area contributed by atoms with Crippen molar-refractivity contribution in [1.29, 1.82) is 0 Å². The van der Waals surface area contributed by atoms with Crippen LogP contribution in [0.2, 0.25) is 0 Å². The number of non-ortho nitro benzene ring substituents is 1. The van der Waals surface area contributed by atoms with E-state index in [0.29, 0.717) is 0 Å². The zero-order valence-electron chi connectivity index (χ0n) is 20.7. The van der Waals surface area contributed by atoms with Gasteiger partial charge in [0.15, 0.2) is 0 Å². The van der Waals surface area contributed by atoms with Gasteiger partial charge in [-0.05, 0) is 19.1 Å². The molecule has 0 radical (unpaired) electrons. The first-order chi connectivity index (χ1) is 17.3. The molecule has 13 nitrogen and oxygen atoms in total. The Hall–Kier alpha value is -3.88. The van der Waals surface area contributed by atoms with Crippen LogP contribution in [0.5, 0.6) is 0 Å². The topological polar surface area (TPSA) is 205 Å². The fraction of sp³-hybridized carbons (Fsp3) is 0.348. The molecule has 2 rings (SSSR count). The Morgan fingerprint density at radius 3 is 1.92 bits per heavy atom. The molecular formula is C23H32N4O9S. The highest BCUT2D eigenvalue weighted by Crippen LogP contribution is 2.15. The minimum Gasteiger partial charge on any atom is -0.480 e. The van der Waals surface area contributed by atoms with Crippen molar-refractivity contribution in [3.8, 4) is 0 Å². The lowest BCUT2D eigenvalue weighted by Gasteiger charge is -2.15. The molecule has 5 N–H and O–H groups in total. The smallest absolute Gasteiger partial charge is 0.327 e. The van der Waals surface area contributed by atoms with E-state index in [2.05, 4.69) is 38.2 Å². The number of nitro groups is 1. The molecule has 0 aliphatic rings. The van der Waals surface area contributed by atoms with E-state index in [1.807, 2.05) is 28.2 Å². The summed E-state index contributed by atoms with van der Waals surface area (Å²) in [5, 5.41) is 32.3. The Kier molecular flexibility index (Phi) is 15.7. The number of hydrogen-bond acceptors (Lipinski definition) is 8. The number of rotatable bonds is 11. The molecular weight excluding hydrogens is 508 g/mol. The van der Waals surface area contributed by atoms with E-state index in [-0.39, 0.29) is 17.1 Å². The van der Waals surface area contributed by atoms with Crippen LogP contribution in [0.3, 0.4) is 0 Å². The number of carboxylic acids is 2. The fourth-order valence-electron chi connectivity index (χ4n) is 2.29. The molecule has 0 saturated heterocycles. The normalized spacial score (nSPS) is 11.0. The summed E-state index contributed by atoms with van der Waals surface area (Å²) in [6.45, 7) is 4.64. The Balaban J connectivity index is 0.00000108. The van der Waals surface area contributed by atoms with E-state index >= 15 is 0 Å². The second-order valence-electron chi connectivity index (χ2n) is 7.42. The van der Waals surface area contributed by atoms with Crippen LogP contribution >= 0.6 is 0 Å². The number of carboxylic acid groups (broad SMARTS) is 2. The van der Waals surface area contributed by atoms with E-state index in [1.54, 1.807) is 0 Å². The summed E-state index contributed by atoms with van der Waals surface area (Å²) in [5.41, 5.74) is 1.01. The summed E-state index contributed by atoms with van der Waals surface area (Å²) in [5.74, 6) is -3.63. The van der Waals surface area contributed by atoms with Gasteiger partial charge in [0.1, 0.15) is 6.04 Å². The Bertz CT molecular complexity index is 1110. The Morgan fingerprint density at radius 2 is 1.51 bits per heavy atom. The van der Waals surface area contributed by atoms with Gasteiger partial charge in [0.25, 0.3) is 5.69 Å². The van der Waals surface area contributed by atoms with Gasteiger partial charge >= 0.3 is 11.9 Å². The van der Waals surface area contributed by atoms with E-state index in [9.17, 15) is 32.9 Å². The SMILES string of the molecule is CCC.Cc1ccccc1.O=C(O)CNCC(NC(=O)CNS(=O)(=O)c1ccc([N+](=O)[O-])cc1)C(=O)O. The van der Waals surface area contributed by atoms with E-state index in [1.165, 1.54) is 12.0 Å². The molecule has 0 aliphatic heterocycles. The monoisotopic (exact) mass is 540 g/mol. The molecule has 0 fully saturated rings. The summed E-state index contributed by atoms with van der Waals surface area (Å²) < 4.78 is 26.0. The number of benzene rings is 2. The molecule has 0 aromatic heterocycles. The van der Waals surface area contributed by atoms with Crippen molar-refractivity contribution in [2.75, 3.05) is 19.6 Å². The zero-order valence-corrected chi connectivity index (χ0v) is 21.5. The molecule has 0 bridgehead atoms. The number of amides is 1. The molecule has 1 unspecified atom stereocenters. The summed E-state index contributed by atoms with van der Waals surface area (Å²) in [6.07, 6.45) is 1.25. The lowest BCUT2D eigenvalue weighted by Crippen LogP contribution is -2.50. The second kappa shape index (κ2) is 17.5. The van der Waals surface area contributed by atoms with E-state index in [4.69, 9.17) is 10.2 Å². The number of carbonyl (C=O) groups is 3. The fourth-order valence-corrected chi connectivity index (χ4v) is 3.28. The minimum atomic E-state index is -4.16. The van der Waals surface area contributed by atoms with Gasteiger partial charge in [-0.1, -0.05) is 56.2 Å². The number of sulfonamides is 1. The number of aliphatic carboxylic acids is 2. The number of nitrogens with zero attached hydrogens (tertiary/aromatic N) is 1. The third-order valence-corrected chi connectivity index (χ3v) is 5.40. The molecule has 1 atom stereocenters. The van der Waals surface area contributed by atoms with Crippen LogP contribution in [-0.2, 0) is 24.4 Å². The van der Waals surface area contributed by atoms with Gasteiger partial charge in [-0.15, -0.1) is 0 Å². The number of hydrogen-bond donors (Lipinski definition) is 5. The third-order valence-electron chi connectivity index (χ3n) is 3.98. The maximum Gasteiger partial charge on any atom is 0.327 e. The van der Waals surface area contributed by atoms with Crippen LogP contribution in [0.4, 0.5) is 5.69 Å². The molecule has 1 amide bonds. The molecule has 37 heavy (non-hydrogen) atoms. The molecule has 204 valence electrons. The predicted octanol–water partition coefficient (Wildman–Crippen LogP) is 1.53. The van der Waals surface area contributed by atoms with E-state index in [0.717, 1.165) is 24.3 Å². The molecule has 2 aromatic rings. The summed E-state index contributed by atoms with van der Waals surface area (Å²) in [4.78, 5) is 42.7. The van der Waals surface area contributed by atoms with Crippen LogP contribution in [0, 0.1) is 17.0 Å². The van der Waals surface area contributed by atoms with Crippen LogP contribution < -0.4 is 15.4 Å². The first-order valence-electron chi connectivity index (χ1n) is 11.0. The lowest BCUT2D eigenvalue weighted by atomic mass is 10.2. The van der Waals surface area contributed by atoms with Crippen LogP contribution in [-0.4, -0.2) is 67.1 Å². The number of carbonyl (C=O) groups excluding carboxylic acids is 1. The van der Waals surface area contributed by atoms with Gasteiger partial charge in [-0.25, -0.2) is 17.9 Å². The quantitative estimate of drug-likeness (QED) is 0.205. The van der Waals surface area contributed by atoms with Crippen LogP contribution in [0.1, 0.15) is 25.8 Å². The molecule has 0 spiro atoms. The highest BCUT2D eigenvalue weighted by Gasteiger charge is 2.22. The van der Waals surface area contributed by atoms with Gasteiger partial charge in [-0.2, -0.15) is 0 Å². The molecule has 2 aromatic carbocycles. The summed E-state index contributed by atoms with van der Waals surface area (Å²) in [7, 11) is -4.16. The van der Waals surface area contributed by atoms with Crippen molar-refractivity contribution in [3.63, 3.8) is 0 Å². The van der Waals surface area contributed by atoms with Crippen LogP contribution in [0.25, 0.3) is 0 Å².